The normalized spacial score (nSPS) is 10.6. The van der Waals surface area contributed by atoms with Crippen LogP contribution in [0.2, 0.25) is 0 Å². The molecule has 2 rings (SSSR count). The number of nitrogens with one attached hydrogen (secondary N) is 1. The summed E-state index contributed by atoms with van der Waals surface area (Å²) in [5.41, 5.74) is 0.679. The lowest BCUT2D eigenvalue weighted by Crippen LogP contribution is -2.24. The maximum atomic E-state index is 12.8. The second kappa shape index (κ2) is 9.22. The number of methoxy groups -OCH3 is 1. The second-order valence-electron chi connectivity index (χ2n) is 4.88. The van der Waals surface area contributed by atoms with Gasteiger partial charge in [0.2, 0.25) is 5.91 Å². The maximum Gasteiger partial charge on any atom is 0.387 e. The summed E-state index contributed by atoms with van der Waals surface area (Å²) in [5, 5.41) is 2.71. The number of amides is 1. The minimum absolute atomic E-state index is 0.0700. The standard InChI is InChI=1S/C17H16F3NO3S/c1-23-15-8-11(2-7-14(15)24-17(19)20)9-21-16(22)10-25-13-5-3-12(18)4-6-13/h2-8,17H,9-10H2,1H3,(H,21,22). The van der Waals surface area contributed by atoms with Crippen molar-refractivity contribution in [2.24, 2.45) is 0 Å². The molecular formula is C17H16F3NO3S. The van der Waals surface area contributed by atoms with Crippen molar-refractivity contribution in [2.75, 3.05) is 12.9 Å². The first-order valence-electron chi connectivity index (χ1n) is 7.24. The van der Waals surface area contributed by atoms with E-state index in [1.54, 1.807) is 18.2 Å². The molecule has 0 aliphatic heterocycles. The molecule has 134 valence electrons. The second-order valence-corrected chi connectivity index (χ2v) is 5.93. The SMILES string of the molecule is COc1cc(CNC(=O)CSc2ccc(F)cc2)ccc1OC(F)F. The predicted octanol–water partition coefficient (Wildman–Crippen LogP) is 3.84. The van der Waals surface area contributed by atoms with Crippen molar-refractivity contribution in [1.29, 1.82) is 0 Å². The van der Waals surface area contributed by atoms with Crippen LogP contribution in [0.15, 0.2) is 47.4 Å². The maximum absolute atomic E-state index is 12.8. The van der Waals surface area contributed by atoms with Gasteiger partial charge in [-0.3, -0.25) is 4.79 Å². The van der Waals surface area contributed by atoms with Gasteiger partial charge in [-0.2, -0.15) is 8.78 Å². The van der Waals surface area contributed by atoms with Gasteiger partial charge in [-0.25, -0.2) is 4.39 Å². The molecule has 0 saturated heterocycles. The summed E-state index contributed by atoms with van der Waals surface area (Å²) in [7, 11) is 1.34. The summed E-state index contributed by atoms with van der Waals surface area (Å²) in [5.74, 6) is -0.273. The lowest BCUT2D eigenvalue weighted by atomic mass is 10.2. The molecular weight excluding hydrogens is 355 g/mol. The molecule has 2 aromatic carbocycles. The highest BCUT2D eigenvalue weighted by atomic mass is 32.2. The summed E-state index contributed by atoms with van der Waals surface area (Å²) in [6, 6.07) is 10.3. The van der Waals surface area contributed by atoms with Crippen LogP contribution in [0.1, 0.15) is 5.56 Å². The molecule has 0 aliphatic rings. The van der Waals surface area contributed by atoms with Crippen molar-refractivity contribution in [3.05, 3.63) is 53.8 Å². The van der Waals surface area contributed by atoms with Crippen molar-refractivity contribution >= 4 is 17.7 Å². The molecule has 0 fully saturated rings. The molecule has 25 heavy (non-hydrogen) atoms. The Morgan fingerprint density at radius 2 is 1.88 bits per heavy atom. The van der Waals surface area contributed by atoms with Crippen molar-refractivity contribution in [3.8, 4) is 11.5 Å². The highest BCUT2D eigenvalue weighted by molar-refractivity contribution is 8.00. The average Bonchev–Trinajstić information content (AvgIpc) is 2.60. The van der Waals surface area contributed by atoms with Crippen molar-refractivity contribution in [1.82, 2.24) is 5.32 Å². The third-order valence-electron chi connectivity index (χ3n) is 3.12. The van der Waals surface area contributed by atoms with Crippen LogP contribution in [0.5, 0.6) is 11.5 Å². The predicted molar refractivity (Wildman–Crippen MR) is 88.6 cm³/mol. The lowest BCUT2D eigenvalue weighted by Gasteiger charge is -2.12. The molecule has 2 aromatic rings. The molecule has 0 unspecified atom stereocenters. The molecule has 4 nitrogen and oxygen atoms in total. The van der Waals surface area contributed by atoms with Crippen LogP contribution in [-0.4, -0.2) is 25.4 Å². The molecule has 1 amide bonds. The number of hydrogen-bond donors (Lipinski definition) is 1. The molecule has 1 N–H and O–H groups in total. The van der Waals surface area contributed by atoms with E-state index in [0.717, 1.165) is 4.90 Å². The number of hydrogen-bond acceptors (Lipinski definition) is 4. The highest BCUT2D eigenvalue weighted by Crippen LogP contribution is 2.29. The Hall–Kier alpha value is -2.35. The van der Waals surface area contributed by atoms with Crippen LogP contribution in [-0.2, 0) is 11.3 Å². The van der Waals surface area contributed by atoms with Crippen LogP contribution < -0.4 is 14.8 Å². The lowest BCUT2D eigenvalue weighted by molar-refractivity contribution is -0.118. The van der Waals surface area contributed by atoms with Crippen LogP contribution in [0.25, 0.3) is 0 Å². The molecule has 0 bridgehead atoms. The first-order chi connectivity index (χ1) is 12.0. The minimum atomic E-state index is -2.94. The summed E-state index contributed by atoms with van der Waals surface area (Å²) >= 11 is 1.28. The van der Waals surface area contributed by atoms with E-state index in [1.807, 2.05) is 0 Å². The zero-order valence-electron chi connectivity index (χ0n) is 13.3. The topological polar surface area (TPSA) is 47.6 Å². The first kappa shape index (κ1) is 19.0. The Morgan fingerprint density at radius 1 is 1.16 bits per heavy atom. The fourth-order valence-electron chi connectivity index (χ4n) is 1.95. The molecule has 0 spiro atoms. The Kier molecular flexibility index (Phi) is 7.00. The molecule has 0 heterocycles. The number of alkyl halides is 2. The van der Waals surface area contributed by atoms with Crippen LogP contribution in [0.4, 0.5) is 13.2 Å². The molecule has 0 radical (unpaired) electrons. The van der Waals surface area contributed by atoms with Gasteiger partial charge in [0.1, 0.15) is 5.82 Å². The number of carbonyl (C=O) groups excluding carboxylic acids is 1. The molecule has 0 saturated carbocycles. The first-order valence-corrected chi connectivity index (χ1v) is 8.23. The van der Waals surface area contributed by atoms with Crippen molar-refractivity contribution in [3.63, 3.8) is 0 Å². The molecule has 0 atom stereocenters. The Bertz CT molecular complexity index is 711. The average molecular weight is 371 g/mol. The van der Waals surface area contributed by atoms with Gasteiger partial charge < -0.3 is 14.8 Å². The quantitative estimate of drug-likeness (QED) is 0.716. The number of ether oxygens (including phenoxy) is 2. The zero-order valence-corrected chi connectivity index (χ0v) is 14.1. The van der Waals surface area contributed by atoms with E-state index in [2.05, 4.69) is 10.1 Å². The Labute approximate surface area is 147 Å². The fraction of sp³-hybridized carbons (Fsp3) is 0.235. The van der Waals surface area contributed by atoms with Crippen molar-refractivity contribution < 1.29 is 27.4 Å². The zero-order chi connectivity index (χ0) is 18.2. The molecule has 0 aliphatic carbocycles. The third-order valence-corrected chi connectivity index (χ3v) is 4.13. The van der Waals surface area contributed by atoms with Crippen LogP contribution >= 0.6 is 11.8 Å². The number of halogens is 3. The fourth-order valence-corrected chi connectivity index (χ4v) is 2.68. The van der Waals surface area contributed by atoms with E-state index in [-0.39, 0.29) is 35.5 Å². The summed E-state index contributed by atoms with van der Waals surface area (Å²) in [4.78, 5) is 12.6. The van der Waals surface area contributed by atoms with Gasteiger partial charge in [-0.05, 0) is 42.0 Å². The van der Waals surface area contributed by atoms with Gasteiger partial charge in [-0.1, -0.05) is 6.07 Å². The Balaban J connectivity index is 1.85. The van der Waals surface area contributed by atoms with Gasteiger partial charge in [0.05, 0.1) is 12.9 Å². The van der Waals surface area contributed by atoms with E-state index < -0.39 is 6.61 Å². The van der Waals surface area contributed by atoms with Gasteiger partial charge in [0.25, 0.3) is 0 Å². The monoisotopic (exact) mass is 371 g/mol. The van der Waals surface area contributed by atoms with Gasteiger partial charge in [0, 0.05) is 11.4 Å². The van der Waals surface area contributed by atoms with E-state index in [0.29, 0.717) is 5.56 Å². The van der Waals surface area contributed by atoms with E-state index in [4.69, 9.17) is 4.74 Å². The largest absolute Gasteiger partial charge is 0.493 e. The smallest absolute Gasteiger partial charge is 0.387 e. The molecule has 8 heteroatoms. The highest BCUT2D eigenvalue weighted by Gasteiger charge is 2.11. The van der Waals surface area contributed by atoms with Crippen molar-refractivity contribution in [2.45, 2.75) is 18.1 Å². The van der Waals surface area contributed by atoms with E-state index in [9.17, 15) is 18.0 Å². The minimum Gasteiger partial charge on any atom is -0.493 e. The summed E-state index contributed by atoms with van der Waals surface area (Å²) < 4.78 is 46.7. The molecule has 0 aromatic heterocycles. The van der Waals surface area contributed by atoms with Gasteiger partial charge in [-0.15, -0.1) is 11.8 Å². The number of benzene rings is 2. The van der Waals surface area contributed by atoms with Gasteiger partial charge in [0.15, 0.2) is 11.5 Å². The number of carbonyl (C=O) groups is 1. The van der Waals surface area contributed by atoms with E-state index in [1.165, 1.54) is 43.1 Å². The van der Waals surface area contributed by atoms with Crippen LogP contribution in [0.3, 0.4) is 0 Å². The number of thioether (sulfide) groups is 1. The van der Waals surface area contributed by atoms with Crippen LogP contribution in [0, 0.1) is 5.82 Å². The summed E-state index contributed by atoms with van der Waals surface area (Å²) in [6.07, 6.45) is 0. The van der Waals surface area contributed by atoms with E-state index >= 15 is 0 Å². The van der Waals surface area contributed by atoms with Gasteiger partial charge >= 0.3 is 6.61 Å². The Morgan fingerprint density at radius 3 is 2.52 bits per heavy atom. The summed E-state index contributed by atoms with van der Waals surface area (Å²) in [6.45, 7) is -2.73. The number of rotatable bonds is 8. The third kappa shape index (κ3) is 6.22.